The van der Waals surface area contributed by atoms with Crippen molar-refractivity contribution in [1.29, 1.82) is 0 Å². The van der Waals surface area contributed by atoms with Crippen LogP contribution in [-0.4, -0.2) is 230 Å². The van der Waals surface area contributed by atoms with Crippen molar-refractivity contribution in [2.75, 3.05) is 52.5 Å². The van der Waals surface area contributed by atoms with E-state index in [4.69, 9.17) is 89.0 Å². The first-order chi connectivity index (χ1) is 64.3. The molecule has 3 aromatic heterocycles. The zero-order valence-corrected chi connectivity index (χ0v) is 85.2. The summed E-state index contributed by atoms with van der Waals surface area (Å²) in [5.74, 6) is -7.33. The molecule has 6 aromatic rings. The number of amidine groups is 3. The number of hydrogen-bond donors (Lipinski definition) is 3. The first kappa shape index (κ1) is 102. The Bertz CT molecular complexity index is 6060. The van der Waals surface area contributed by atoms with Gasteiger partial charge in [0.05, 0.1) is 77.1 Å². The van der Waals surface area contributed by atoms with Gasteiger partial charge >= 0.3 is 18.1 Å². The van der Waals surface area contributed by atoms with Crippen molar-refractivity contribution in [3.8, 4) is 0 Å². The Morgan fingerprint density at radius 2 is 0.891 bits per heavy atom. The van der Waals surface area contributed by atoms with Gasteiger partial charge in [-0.2, -0.15) is 13.2 Å². The second-order valence-electron chi connectivity index (χ2n) is 39.7. The second kappa shape index (κ2) is 38.0. The summed E-state index contributed by atoms with van der Waals surface area (Å²) in [5.41, 5.74) is 1.57. The number of piperazine rings is 2. The van der Waals surface area contributed by atoms with Gasteiger partial charge in [-0.15, -0.1) is 0 Å². The number of thioether (sulfide) groups is 3. The van der Waals surface area contributed by atoms with Crippen LogP contribution in [0.3, 0.4) is 0 Å². The average Bonchev–Trinajstić information content (AvgIpc) is 1.55. The molecule has 6 fully saturated rings. The lowest BCUT2D eigenvalue weighted by Gasteiger charge is -2.49. The number of aliphatic hydroxyl groups excluding tert-OH is 1. The lowest BCUT2D eigenvalue weighted by Crippen LogP contribution is -2.67. The van der Waals surface area contributed by atoms with E-state index in [0.717, 1.165) is 52.4 Å². The molecule has 13 heterocycles. The van der Waals surface area contributed by atoms with Crippen molar-refractivity contribution in [1.82, 2.24) is 59.5 Å². The molecule has 12 atom stereocenters. The number of hydrogen-bond acceptors (Lipinski definition) is 21. The quantitative estimate of drug-likeness (QED) is 0.0410. The summed E-state index contributed by atoms with van der Waals surface area (Å²) >= 11 is 39.7. The van der Waals surface area contributed by atoms with E-state index < -0.39 is 145 Å². The summed E-state index contributed by atoms with van der Waals surface area (Å²) in [6.45, 7) is 26.6. The molecule has 4 saturated heterocycles. The van der Waals surface area contributed by atoms with E-state index in [1.54, 1.807) is 66.0 Å². The summed E-state index contributed by atoms with van der Waals surface area (Å²) in [5, 5.41) is 25.4. The number of fused-ring (bicyclic) bond motifs is 3. The maximum atomic E-state index is 15.7. The number of likely N-dealkylation sites (tertiary alicyclic amines) is 2. The Balaban J connectivity index is 0.000000157. The van der Waals surface area contributed by atoms with Gasteiger partial charge in [-0.05, 0) is 189 Å². The van der Waals surface area contributed by atoms with Crippen LogP contribution >= 0.6 is 105 Å². The molecule has 137 heavy (non-hydrogen) atoms. The second-order valence-corrected chi connectivity index (χ2v) is 49.8. The smallest absolute Gasteiger partial charge is 0.471 e. The fourth-order valence-corrected chi connectivity index (χ4v) is 25.6. The topological polar surface area (TPSA) is 266 Å². The third kappa shape index (κ3) is 19.0. The van der Waals surface area contributed by atoms with Crippen LogP contribution in [0.1, 0.15) is 173 Å². The number of nitrogens with one attached hydrogen (secondary N) is 1. The van der Waals surface area contributed by atoms with E-state index in [1.165, 1.54) is 62.9 Å². The number of aliphatic imine (C=N–C) groups is 3. The standard InChI is InChI=1S/C41H49Cl2F5N6O4SSi.C33H36Cl2F2N6O3S.C21H18Cl2FN3O2S/c1-22(2)31-32(59-37-50-39(6,24-10-12-30(43)49-17-24)33(54(31)37)23-9-11-27(42)28(45)15-23)35(56)51-18-25(44)16-29(51)34(55)52-21-40(13-14-40)53(36(57)41(46,47)48)19-26(52)20-58-60(7,8)38(3,4)5;1-17(2)26-27(30(46)41-14-20(36)11-24(41)29(45)42-16-33(8-9-33)39-13-21(42)15-44)47-31-40-32(3,19-5-7-25(35)38-12-19)28(43(26)31)18-4-6-22(34)23(37)10-18;1-10(2)16-17(19(28)29)30-20-26-21(3,12-5-7-15(23)25-9-12)18(27(16)20)11-4-6-13(22)14(24)8-11/h9-12,15,17,22,25-26,29,33H,13-14,16,18-21H2,1-8H3;4-7,10,12,17,20-21,24,28,39,44H,8-9,11,13-16H2,1-3H3;4-10,18H,1-3H3,(H,28,29)/t25-,26+,29+,33-,39+;20-,21+,24+,28-,32+;18-,21+/m111/s1. The molecule has 0 unspecified atom stereocenters. The molecule has 0 bridgehead atoms. The Morgan fingerprint density at radius 3 is 1.20 bits per heavy atom. The summed E-state index contributed by atoms with van der Waals surface area (Å²) in [7, 11) is -2.50. The summed E-state index contributed by atoms with van der Waals surface area (Å²) in [4.78, 5) is 124. The number of benzene rings is 3. The van der Waals surface area contributed by atoms with Crippen LogP contribution in [0.15, 0.2) is 156 Å². The zero-order valence-electron chi connectivity index (χ0n) is 77.2. The minimum absolute atomic E-state index is 0.0138. The first-order valence-electron chi connectivity index (χ1n) is 45.1. The number of alkyl halides is 5. The van der Waals surface area contributed by atoms with Crippen molar-refractivity contribution in [3.63, 3.8) is 0 Å². The number of aliphatic hydroxyl groups is 1. The molecular formula is C95H103Cl6F8N15O9S3Si. The normalized spacial score (nSPS) is 26.9. The predicted octanol–water partition coefficient (Wildman–Crippen LogP) is 19.8. The van der Waals surface area contributed by atoms with E-state index in [2.05, 4.69) is 20.3 Å². The van der Waals surface area contributed by atoms with Gasteiger partial charge in [0, 0.05) is 96.9 Å². The molecule has 732 valence electrons. The number of aliphatic carboxylic acids is 1. The number of pyridine rings is 3. The minimum Gasteiger partial charge on any atom is -0.477 e. The highest BCUT2D eigenvalue weighted by Gasteiger charge is 2.64. The largest absolute Gasteiger partial charge is 0.477 e. The highest BCUT2D eigenvalue weighted by Crippen LogP contribution is 2.62. The molecule has 0 radical (unpaired) electrons. The molecule has 3 aromatic carbocycles. The molecule has 24 nitrogen and oxygen atoms in total. The number of nitrogens with zero attached hydrogens (tertiary/aromatic N) is 14. The number of halogens is 14. The molecule has 3 N–H and O–H groups in total. The highest BCUT2D eigenvalue weighted by atomic mass is 35.5. The first-order valence-corrected chi connectivity index (χ1v) is 52.7. The van der Waals surface area contributed by atoms with E-state index in [0.29, 0.717) is 83.1 Å². The Kier molecular flexibility index (Phi) is 28.2. The predicted molar refractivity (Wildman–Crippen MR) is 517 cm³/mol. The van der Waals surface area contributed by atoms with Crippen molar-refractivity contribution in [3.05, 3.63) is 223 Å². The number of carboxylic acids is 1. The van der Waals surface area contributed by atoms with Crippen LogP contribution in [-0.2, 0) is 49.8 Å². The fourth-order valence-electron chi connectivity index (χ4n) is 19.9. The van der Waals surface area contributed by atoms with Gasteiger partial charge in [-0.3, -0.25) is 24.0 Å². The van der Waals surface area contributed by atoms with Gasteiger partial charge in [-0.1, -0.05) is 168 Å². The van der Waals surface area contributed by atoms with Crippen LogP contribution in [0.25, 0.3) is 0 Å². The van der Waals surface area contributed by atoms with Crippen LogP contribution < -0.4 is 5.32 Å². The van der Waals surface area contributed by atoms with Crippen LogP contribution in [0.4, 0.5) is 35.1 Å². The van der Waals surface area contributed by atoms with E-state index in [9.17, 15) is 60.9 Å². The van der Waals surface area contributed by atoms with Crippen LogP contribution in [0.5, 0.6) is 0 Å². The van der Waals surface area contributed by atoms with Crippen molar-refractivity contribution < 1.29 is 78.5 Å². The number of carboxylic acid groups (broad SMARTS) is 1. The lowest BCUT2D eigenvalue weighted by atomic mass is 9.81. The van der Waals surface area contributed by atoms with Crippen LogP contribution in [0.2, 0.25) is 48.7 Å². The number of rotatable bonds is 18. The van der Waals surface area contributed by atoms with Gasteiger partial charge < -0.3 is 59.2 Å². The number of amides is 5. The number of carbonyl (C=O) groups is 6. The SMILES string of the molecule is CC(C)C1=C(C(=O)N2C[C@H](F)C[C@H]2C(=O)N2CC3(CC3)N(C(=O)C(F)(F)F)C[C@H]2CO[Si](C)(C)C(C)(C)C)SC2=N[C@@](C)(c3ccc(Cl)nc3)[C@@H](c3ccc(Cl)c(F)c3)N21.CC(C)C1=C(C(=O)N2C[C@H](F)C[C@H]2C(=O)N2CC3(CC3)NC[C@H]2CO)SC2=N[C@@](C)(c3ccc(Cl)nc3)[C@@H](c3ccc(Cl)c(F)c3)N21.CC(C)C1=C(C(=O)O)SC2=N[C@@](C)(c3ccc(Cl)nc3)[C@@H](c3ccc(Cl)c(F)c3)N21. The van der Waals surface area contributed by atoms with Gasteiger partial charge in [0.2, 0.25) is 11.8 Å². The van der Waals surface area contributed by atoms with Gasteiger partial charge in [0.15, 0.2) is 23.8 Å². The van der Waals surface area contributed by atoms with Gasteiger partial charge in [0.25, 0.3) is 11.8 Å². The molecule has 42 heteroatoms. The Labute approximate surface area is 832 Å². The fraction of sp³-hybridized carbons (Fsp3) is 0.495. The number of carbonyl (C=O) groups excluding carboxylic acids is 5. The van der Waals surface area contributed by atoms with Gasteiger partial charge in [0.1, 0.15) is 88.7 Å². The average molecular weight is 2090 g/mol. The molecule has 2 spiro atoms. The van der Waals surface area contributed by atoms with E-state index >= 15 is 13.2 Å². The Morgan fingerprint density at radius 1 is 0.526 bits per heavy atom. The molecule has 2 aliphatic carbocycles. The van der Waals surface area contributed by atoms with E-state index in [1.807, 2.05) is 123 Å². The molecule has 10 aliphatic heterocycles. The monoisotopic (exact) mass is 2080 g/mol. The third-order valence-corrected chi connectivity index (χ3v) is 37.7. The molecular weight excluding hydrogens is 1980 g/mol. The summed E-state index contributed by atoms with van der Waals surface area (Å²) < 4.78 is 124. The van der Waals surface area contributed by atoms with Gasteiger partial charge in [-0.25, -0.2) is 56.7 Å². The maximum absolute atomic E-state index is 15.7. The van der Waals surface area contributed by atoms with Crippen molar-refractivity contribution in [2.24, 2.45) is 32.7 Å². The third-order valence-electron chi connectivity index (χ3n) is 28.4. The number of aromatic nitrogens is 3. The molecule has 5 amide bonds. The Hall–Kier alpha value is -8.11. The zero-order chi connectivity index (χ0) is 99.3. The van der Waals surface area contributed by atoms with Crippen molar-refractivity contribution >= 4 is 164 Å². The van der Waals surface area contributed by atoms with Crippen LogP contribution in [0, 0.1) is 35.2 Å². The maximum Gasteiger partial charge on any atom is 0.471 e. The molecule has 18 rings (SSSR count). The lowest BCUT2D eigenvalue weighted by molar-refractivity contribution is -0.194. The molecule has 12 aliphatic rings. The molecule has 2 saturated carbocycles. The highest BCUT2D eigenvalue weighted by molar-refractivity contribution is 8.18. The summed E-state index contributed by atoms with van der Waals surface area (Å²) in [6.07, 6.45) is -1.20. The number of allylic oxidation sites excluding steroid dienone is 3. The minimum atomic E-state index is -5.12. The summed E-state index contributed by atoms with van der Waals surface area (Å²) in [6, 6.07) is 18.7. The van der Waals surface area contributed by atoms with E-state index in [-0.39, 0.29) is 123 Å². The van der Waals surface area contributed by atoms with Crippen molar-refractivity contribution in [2.45, 2.75) is 228 Å².